The summed E-state index contributed by atoms with van der Waals surface area (Å²) in [7, 11) is 1.28. The molecule has 1 N–H and O–H groups in total. The zero-order chi connectivity index (χ0) is 18.7. The predicted molar refractivity (Wildman–Crippen MR) is 92.0 cm³/mol. The summed E-state index contributed by atoms with van der Waals surface area (Å²) in [5, 5.41) is 2.64. The van der Waals surface area contributed by atoms with Crippen LogP contribution in [0.3, 0.4) is 0 Å². The fraction of sp³-hybridized carbons (Fsp3) is 0.412. The highest BCUT2D eigenvalue weighted by Crippen LogP contribution is 2.21. The number of H-pyrrole nitrogens is 1. The number of carbonyl (C=O) groups excluding carboxylic acids is 3. The third-order valence-corrected chi connectivity index (χ3v) is 4.57. The van der Waals surface area contributed by atoms with Gasteiger partial charge in [0, 0.05) is 11.1 Å². The third kappa shape index (κ3) is 4.14. The van der Waals surface area contributed by atoms with E-state index in [1.807, 2.05) is 6.92 Å². The average Bonchev–Trinajstić information content (AvgIpc) is 3.08. The number of thiazole rings is 1. The summed E-state index contributed by atoms with van der Waals surface area (Å²) in [5.74, 6) is -1.45. The van der Waals surface area contributed by atoms with Gasteiger partial charge in [0.2, 0.25) is 5.78 Å². The summed E-state index contributed by atoms with van der Waals surface area (Å²) >= 11 is 1.44. The number of methoxy groups -OCH3 is 1. The number of aromatic amines is 1. The molecule has 0 amide bonds. The van der Waals surface area contributed by atoms with Crippen LogP contribution in [0.4, 0.5) is 0 Å². The first-order chi connectivity index (χ1) is 11.7. The summed E-state index contributed by atoms with van der Waals surface area (Å²) in [5.41, 5.74) is 2.19. The second-order valence-corrected chi connectivity index (χ2v) is 6.71. The van der Waals surface area contributed by atoms with Crippen LogP contribution in [0.25, 0.3) is 0 Å². The number of ether oxygens (including phenoxy) is 2. The number of nitrogens with one attached hydrogen (secondary N) is 1. The molecule has 134 valence electrons. The highest BCUT2D eigenvalue weighted by Gasteiger charge is 2.27. The zero-order valence-electron chi connectivity index (χ0n) is 14.8. The molecule has 0 aliphatic rings. The van der Waals surface area contributed by atoms with Crippen molar-refractivity contribution in [2.75, 3.05) is 7.11 Å². The number of hydrogen-bond acceptors (Lipinski definition) is 7. The van der Waals surface area contributed by atoms with Crippen molar-refractivity contribution in [2.45, 2.75) is 40.2 Å². The monoisotopic (exact) mass is 364 g/mol. The lowest BCUT2D eigenvalue weighted by atomic mass is 10.1. The molecular weight excluding hydrogens is 344 g/mol. The molecule has 0 saturated carbocycles. The van der Waals surface area contributed by atoms with Crippen molar-refractivity contribution in [1.29, 1.82) is 0 Å². The summed E-state index contributed by atoms with van der Waals surface area (Å²) in [6, 6.07) is 0. The molecule has 2 rings (SSSR count). The van der Waals surface area contributed by atoms with Crippen molar-refractivity contribution in [2.24, 2.45) is 0 Å². The molecule has 0 aromatic carbocycles. The number of rotatable bonds is 6. The van der Waals surface area contributed by atoms with Crippen LogP contribution < -0.4 is 0 Å². The number of aryl methyl sites for hydroxylation is 2. The van der Waals surface area contributed by atoms with Crippen molar-refractivity contribution < 1.29 is 23.9 Å². The Labute approximate surface area is 149 Å². The normalized spacial score (nSPS) is 11.9. The van der Waals surface area contributed by atoms with Crippen LogP contribution in [-0.2, 0) is 20.7 Å². The Morgan fingerprint density at radius 3 is 2.52 bits per heavy atom. The summed E-state index contributed by atoms with van der Waals surface area (Å²) in [6.45, 7) is 6.67. The Balaban J connectivity index is 2.09. The number of hydrogen-bond donors (Lipinski definition) is 1. The fourth-order valence-electron chi connectivity index (χ4n) is 2.54. The summed E-state index contributed by atoms with van der Waals surface area (Å²) in [6.07, 6.45) is -0.965. The van der Waals surface area contributed by atoms with Gasteiger partial charge in [0.1, 0.15) is 0 Å². The Morgan fingerprint density at radius 2 is 1.96 bits per heavy atom. The van der Waals surface area contributed by atoms with Crippen LogP contribution in [-0.4, -0.2) is 40.9 Å². The van der Waals surface area contributed by atoms with Crippen LogP contribution in [0.5, 0.6) is 0 Å². The maximum absolute atomic E-state index is 12.6. The van der Waals surface area contributed by atoms with Crippen LogP contribution >= 0.6 is 11.3 Å². The van der Waals surface area contributed by atoms with E-state index in [0.29, 0.717) is 22.5 Å². The minimum atomic E-state index is -0.977. The van der Waals surface area contributed by atoms with E-state index in [-0.39, 0.29) is 12.1 Å². The molecule has 2 aromatic heterocycles. The molecule has 0 aliphatic carbocycles. The van der Waals surface area contributed by atoms with Gasteiger partial charge in [-0.2, -0.15) is 0 Å². The molecule has 2 aromatic rings. The number of aromatic nitrogens is 2. The van der Waals surface area contributed by atoms with E-state index in [0.717, 1.165) is 5.01 Å². The van der Waals surface area contributed by atoms with Crippen LogP contribution in [0.1, 0.15) is 49.7 Å². The molecule has 7 nitrogen and oxygen atoms in total. The third-order valence-electron chi connectivity index (χ3n) is 3.74. The van der Waals surface area contributed by atoms with Crippen LogP contribution in [0.2, 0.25) is 0 Å². The van der Waals surface area contributed by atoms with Crippen molar-refractivity contribution >= 4 is 29.1 Å². The first-order valence-electron chi connectivity index (χ1n) is 7.66. The Kier molecular flexibility index (Phi) is 5.73. The first-order valence-corrected chi connectivity index (χ1v) is 8.54. The quantitative estimate of drug-likeness (QED) is 0.625. The first kappa shape index (κ1) is 18.9. The summed E-state index contributed by atoms with van der Waals surface area (Å²) < 4.78 is 9.93. The Morgan fingerprint density at radius 1 is 1.28 bits per heavy atom. The molecule has 0 saturated heterocycles. The second kappa shape index (κ2) is 7.60. The predicted octanol–water partition coefficient (Wildman–Crippen LogP) is 2.54. The Hall–Kier alpha value is -2.48. The molecule has 1 unspecified atom stereocenters. The van der Waals surface area contributed by atoms with E-state index in [2.05, 4.69) is 9.97 Å². The van der Waals surface area contributed by atoms with Gasteiger partial charge < -0.3 is 14.5 Å². The lowest BCUT2D eigenvalue weighted by Gasteiger charge is -2.11. The van der Waals surface area contributed by atoms with Crippen LogP contribution in [0.15, 0.2) is 5.38 Å². The van der Waals surface area contributed by atoms with Gasteiger partial charge in [-0.3, -0.25) is 9.59 Å². The molecule has 0 fully saturated rings. The second-order valence-electron chi connectivity index (χ2n) is 5.65. The van der Waals surface area contributed by atoms with E-state index < -0.39 is 23.8 Å². The lowest BCUT2D eigenvalue weighted by Crippen LogP contribution is -2.26. The molecule has 8 heteroatoms. The average molecular weight is 364 g/mol. The van der Waals surface area contributed by atoms with Crippen molar-refractivity contribution in [3.63, 3.8) is 0 Å². The lowest BCUT2D eigenvalue weighted by molar-refractivity contribution is -0.145. The molecule has 1 atom stereocenters. The number of esters is 2. The van der Waals surface area contributed by atoms with E-state index in [1.165, 1.54) is 25.4 Å². The molecular formula is C17H20N2O5S. The Bertz CT molecular complexity index is 821. The van der Waals surface area contributed by atoms with E-state index >= 15 is 0 Å². The summed E-state index contributed by atoms with van der Waals surface area (Å²) in [4.78, 5) is 43.4. The molecule has 0 bridgehead atoms. The van der Waals surface area contributed by atoms with E-state index in [4.69, 9.17) is 9.47 Å². The van der Waals surface area contributed by atoms with Gasteiger partial charge in [-0.15, -0.1) is 11.3 Å². The number of nitrogens with zero attached hydrogens (tertiary/aromatic N) is 1. The van der Waals surface area contributed by atoms with Gasteiger partial charge in [-0.25, -0.2) is 9.78 Å². The highest BCUT2D eigenvalue weighted by molar-refractivity contribution is 7.09. The minimum absolute atomic E-state index is 0.0120. The van der Waals surface area contributed by atoms with Crippen molar-refractivity contribution in [1.82, 2.24) is 9.97 Å². The maximum atomic E-state index is 12.6. The number of Topliss-reactive ketones (excluding diaryl/α,β-unsaturated/α-hetero) is 1. The van der Waals surface area contributed by atoms with E-state index in [1.54, 1.807) is 19.2 Å². The smallest absolute Gasteiger partial charge is 0.339 e. The van der Waals surface area contributed by atoms with Gasteiger partial charge in [0.05, 0.1) is 35.5 Å². The molecule has 0 spiro atoms. The molecule has 0 aliphatic heterocycles. The van der Waals surface area contributed by atoms with Gasteiger partial charge in [0.15, 0.2) is 6.10 Å². The molecule has 2 heterocycles. The fourth-order valence-corrected chi connectivity index (χ4v) is 3.15. The van der Waals surface area contributed by atoms with E-state index in [9.17, 15) is 14.4 Å². The topological polar surface area (TPSA) is 98.4 Å². The maximum Gasteiger partial charge on any atom is 0.339 e. The van der Waals surface area contributed by atoms with Crippen LogP contribution in [0, 0.1) is 20.8 Å². The minimum Gasteiger partial charge on any atom is -0.465 e. The number of carbonyl (C=O) groups is 3. The largest absolute Gasteiger partial charge is 0.465 e. The van der Waals surface area contributed by atoms with Crippen molar-refractivity contribution in [3.8, 4) is 0 Å². The molecule has 0 radical (unpaired) electrons. The van der Waals surface area contributed by atoms with Gasteiger partial charge in [0.25, 0.3) is 0 Å². The standard InChI is InChI=1S/C17H20N2O5S/c1-8-14(17(22)23-5)9(2)18-15(8)16(21)10(3)24-13(20)6-12-7-25-11(4)19-12/h7,10,18H,6H2,1-5H3. The zero-order valence-corrected chi connectivity index (χ0v) is 15.6. The van der Waals surface area contributed by atoms with Gasteiger partial charge in [-0.05, 0) is 33.3 Å². The van der Waals surface area contributed by atoms with Crippen molar-refractivity contribution in [3.05, 3.63) is 38.6 Å². The van der Waals surface area contributed by atoms with Gasteiger partial charge in [-0.1, -0.05) is 0 Å². The SMILES string of the molecule is COC(=O)c1c(C)[nH]c(C(=O)C(C)OC(=O)Cc2csc(C)n2)c1C. The number of ketones is 1. The highest BCUT2D eigenvalue weighted by atomic mass is 32.1. The van der Waals surface area contributed by atoms with Gasteiger partial charge >= 0.3 is 11.9 Å². The molecule has 25 heavy (non-hydrogen) atoms.